The highest BCUT2D eigenvalue weighted by Crippen LogP contribution is 2.21. The number of carbonyl (C=O) groups is 2. The number of amides is 2. The molecule has 30 heavy (non-hydrogen) atoms. The second-order valence-corrected chi connectivity index (χ2v) is 8.31. The van der Waals surface area contributed by atoms with Gasteiger partial charge in [0.1, 0.15) is 6.61 Å². The van der Waals surface area contributed by atoms with Crippen molar-refractivity contribution >= 4 is 17.5 Å². The predicted octanol–water partition coefficient (Wildman–Crippen LogP) is 3.98. The molecule has 0 aromatic heterocycles. The number of benzene rings is 2. The average Bonchev–Trinajstić information content (AvgIpc) is 2.73. The minimum Gasteiger partial charge on any atom is -0.375 e. The first kappa shape index (κ1) is 22.0. The summed E-state index contributed by atoms with van der Waals surface area (Å²) in [5.41, 5.74) is 4.00. The van der Waals surface area contributed by atoms with Crippen molar-refractivity contribution in [1.82, 2.24) is 4.90 Å². The molecule has 1 saturated heterocycles. The third-order valence-electron chi connectivity index (χ3n) is 5.73. The number of rotatable bonds is 7. The SMILES string of the molecule is COCC(=O)N(Cc1cccc(C)c1)c1ccc(CC(=O)N2CCC(C)CC2)cc1. The third-order valence-corrected chi connectivity index (χ3v) is 5.73. The number of carbonyl (C=O) groups excluding carboxylic acids is 2. The molecule has 0 N–H and O–H groups in total. The molecule has 2 aromatic rings. The molecule has 1 heterocycles. The van der Waals surface area contributed by atoms with E-state index in [1.165, 1.54) is 7.11 Å². The lowest BCUT2D eigenvalue weighted by molar-refractivity contribution is -0.131. The molecule has 5 heteroatoms. The topological polar surface area (TPSA) is 49.9 Å². The number of anilines is 1. The van der Waals surface area contributed by atoms with Crippen LogP contribution >= 0.6 is 0 Å². The third kappa shape index (κ3) is 5.92. The number of methoxy groups -OCH3 is 1. The first-order valence-electron chi connectivity index (χ1n) is 10.7. The van der Waals surface area contributed by atoms with Crippen molar-refractivity contribution in [3.05, 3.63) is 65.2 Å². The molecule has 0 bridgehead atoms. The summed E-state index contributed by atoms with van der Waals surface area (Å²) < 4.78 is 5.08. The summed E-state index contributed by atoms with van der Waals surface area (Å²) in [6.07, 6.45) is 2.57. The molecule has 0 aliphatic carbocycles. The highest BCUT2D eigenvalue weighted by atomic mass is 16.5. The summed E-state index contributed by atoms with van der Waals surface area (Å²) in [6.45, 7) is 6.50. The molecule has 160 valence electrons. The number of hydrogen-bond acceptors (Lipinski definition) is 3. The molecule has 0 saturated carbocycles. The van der Waals surface area contributed by atoms with Crippen LogP contribution in [0.2, 0.25) is 0 Å². The molecule has 0 radical (unpaired) electrons. The van der Waals surface area contributed by atoms with Gasteiger partial charge in [0, 0.05) is 25.9 Å². The van der Waals surface area contributed by atoms with Crippen LogP contribution in [0.3, 0.4) is 0 Å². The van der Waals surface area contributed by atoms with Crippen molar-refractivity contribution in [1.29, 1.82) is 0 Å². The fourth-order valence-corrected chi connectivity index (χ4v) is 3.86. The van der Waals surface area contributed by atoms with Crippen molar-refractivity contribution in [3.8, 4) is 0 Å². The summed E-state index contributed by atoms with van der Waals surface area (Å²) in [7, 11) is 1.53. The van der Waals surface area contributed by atoms with Gasteiger partial charge < -0.3 is 14.5 Å². The van der Waals surface area contributed by atoms with E-state index in [0.29, 0.717) is 18.9 Å². The fraction of sp³-hybridized carbons (Fsp3) is 0.440. The van der Waals surface area contributed by atoms with Crippen LogP contribution in [0.1, 0.15) is 36.5 Å². The van der Waals surface area contributed by atoms with E-state index in [-0.39, 0.29) is 18.4 Å². The van der Waals surface area contributed by atoms with Crippen LogP contribution < -0.4 is 4.90 Å². The number of likely N-dealkylation sites (tertiary alicyclic amines) is 1. The highest BCUT2D eigenvalue weighted by molar-refractivity contribution is 5.94. The normalized spacial score (nSPS) is 14.6. The van der Waals surface area contributed by atoms with Gasteiger partial charge in [-0.05, 0) is 48.9 Å². The zero-order valence-electron chi connectivity index (χ0n) is 18.3. The Morgan fingerprint density at radius 1 is 1.07 bits per heavy atom. The Labute approximate surface area is 179 Å². The van der Waals surface area contributed by atoms with E-state index in [0.717, 1.165) is 48.3 Å². The van der Waals surface area contributed by atoms with Crippen molar-refractivity contribution in [2.24, 2.45) is 5.92 Å². The van der Waals surface area contributed by atoms with Crippen LogP contribution in [-0.4, -0.2) is 43.5 Å². The van der Waals surface area contributed by atoms with Gasteiger partial charge in [-0.15, -0.1) is 0 Å². The number of piperidine rings is 1. The maximum Gasteiger partial charge on any atom is 0.253 e. The van der Waals surface area contributed by atoms with Crippen LogP contribution in [0, 0.1) is 12.8 Å². The molecule has 3 rings (SSSR count). The van der Waals surface area contributed by atoms with E-state index >= 15 is 0 Å². The number of nitrogens with zero attached hydrogens (tertiary/aromatic N) is 2. The average molecular weight is 409 g/mol. The second-order valence-electron chi connectivity index (χ2n) is 8.31. The number of hydrogen-bond donors (Lipinski definition) is 0. The summed E-state index contributed by atoms with van der Waals surface area (Å²) in [5.74, 6) is 0.796. The Morgan fingerprint density at radius 3 is 2.40 bits per heavy atom. The van der Waals surface area contributed by atoms with Crippen molar-refractivity contribution < 1.29 is 14.3 Å². The largest absolute Gasteiger partial charge is 0.375 e. The monoisotopic (exact) mass is 408 g/mol. The van der Waals surface area contributed by atoms with E-state index in [4.69, 9.17) is 4.74 Å². The number of ether oxygens (including phenoxy) is 1. The van der Waals surface area contributed by atoms with Gasteiger partial charge in [0.05, 0.1) is 13.0 Å². The summed E-state index contributed by atoms with van der Waals surface area (Å²) in [5, 5.41) is 0. The zero-order chi connectivity index (χ0) is 21.5. The molecule has 2 amide bonds. The Bertz CT molecular complexity index is 855. The lowest BCUT2D eigenvalue weighted by Gasteiger charge is -2.30. The van der Waals surface area contributed by atoms with Gasteiger partial charge in [-0.2, -0.15) is 0 Å². The van der Waals surface area contributed by atoms with E-state index in [9.17, 15) is 9.59 Å². The Hall–Kier alpha value is -2.66. The van der Waals surface area contributed by atoms with Gasteiger partial charge in [-0.25, -0.2) is 0 Å². The first-order valence-corrected chi connectivity index (χ1v) is 10.7. The molecule has 5 nitrogen and oxygen atoms in total. The standard InChI is InChI=1S/C25H32N2O3/c1-19-11-13-26(14-12-19)24(28)16-21-7-9-23(10-8-21)27(25(29)18-30-3)17-22-6-4-5-20(2)15-22/h4-10,15,19H,11-14,16-18H2,1-3H3. The fourth-order valence-electron chi connectivity index (χ4n) is 3.86. The van der Waals surface area contributed by atoms with Crippen molar-refractivity contribution in [3.63, 3.8) is 0 Å². The summed E-state index contributed by atoms with van der Waals surface area (Å²) >= 11 is 0. The van der Waals surface area contributed by atoms with Gasteiger partial charge in [-0.3, -0.25) is 9.59 Å². The van der Waals surface area contributed by atoms with Crippen molar-refractivity contribution in [2.75, 3.05) is 31.7 Å². The van der Waals surface area contributed by atoms with Gasteiger partial charge >= 0.3 is 0 Å². The van der Waals surface area contributed by atoms with Crippen LogP contribution in [0.15, 0.2) is 48.5 Å². The number of aryl methyl sites for hydroxylation is 1. The Morgan fingerprint density at radius 2 is 1.77 bits per heavy atom. The Kier molecular flexibility index (Phi) is 7.63. The lowest BCUT2D eigenvalue weighted by atomic mass is 9.98. The highest BCUT2D eigenvalue weighted by Gasteiger charge is 2.21. The minimum atomic E-state index is -0.0923. The van der Waals surface area contributed by atoms with Crippen LogP contribution in [0.4, 0.5) is 5.69 Å². The molecule has 0 atom stereocenters. The maximum absolute atomic E-state index is 12.7. The molecule has 1 fully saturated rings. The molecule has 2 aromatic carbocycles. The quantitative estimate of drug-likeness (QED) is 0.696. The molecule has 0 spiro atoms. The maximum atomic E-state index is 12.7. The van der Waals surface area contributed by atoms with E-state index in [1.54, 1.807) is 4.90 Å². The van der Waals surface area contributed by atoms with Gasteiger partial charge in [0.2, 0.25) is 5.91 Å². The predicted molar refractivity (Wildman–Crippen MR) is 119 cm³/mol. The summed E-state index contributed by atoms with van der Waals surface area (Å²) in [4.78, 5) is 29.0. The van der Waals surface area contributed by atoms with Gasteiger partial charge in [0.25, 0.3) is 5.91 Å². The van der Waals surface area contributed by atoms with E-state index in [2.05, 4.69) is 13.0 Å². The van der Waals surface area contributed by atoms with Crippen LogP contribution in [0.5, 0.6) is 0 Å². The Balaban J connectivity index is 1.70. The lowest BCUT2D eigenvalue weighted by Crippen LogP contribution is -2.38. The van der Waals surface area contributed by atoms with Crippen LogP contribution in [0.25, 0.3) is 0 Å². The molecule has 1 aliphatic heterocycles. The molecular weight excluding hydrogens is 376 g/mol. The molecule has 0 unspecified atom stereocenters. The van der Waals surface area contributed by atoms with E-state index < -0.39 is 0 Å². The summed E-state index contributed by atoms with van der Waals surface area (Å²) in [6, 6.07) is 15.9. The van der Waals surface area contributed by atoms with Crippen LogP contribution in [-0.2, 0) is 27.3 Å². The minimum absolute atomic E-state index is 0.0272. The van der Waals surface area contributed by atoms with E-state index in [1.807, 2.05) is 54.3 Å². The molecule has 1 aliphatic rings. The van der Waals surface area contributed by atoms with Gasteiger partial charge in [0.15, 0.2) is 0 Å². The zero-order valence-corrected chi connectivity index (χ0v) is 18.3. The first-order chi connectivity index (χ1) is 14.5. The van der Waals surface area contributed by atoms with Gasteiger partial charge in [-0.1, -0.05) is 48.9 Å². The second kappa shape index (κ2) is 10.4. The smallest absolute Gasteiger partial charge is 0.253 e. The molecular formula is C25H32N2O3. The van der Waals surface area contributed by atoms with Crippen molar-refractivity contribution in [2.45, 2.75) is 39.7 Å².